The molecule has 0 aliphatic rings. The van der Waals surface area contributed by atoms with Crippen LogP contribution in [0.4, 0.5) is 10.4 Å². The Morgan fingerprint density at radius 2 is 1.67 bits per heavy atom. The van der Waals surface area contributed by atoms with Gasteiger partial charge in [0.15, 0.2) is 0 Å². The first-order valence-corrected chi connectivity index (χ1v) is 7.09. The van der Waals surface area contributed by atoms with Gasteiger partial charge < -0.3 is 4.74 Å². The molecule has 21 heavy (non-hydrogen) atoms. The number of ether oxygens (including phenoxy) is 1. The van der Waals surface area contributed by atoms with Crippen molar-refractivity contribution in [3.05, 3.63) is 59.7 Å². The Labute approximate surface area is 125 Å². The molecule has 0 aromatic heterocycles. The molecule has 0 bridgehead atoms. The van der Waals surface area contributed by atoms with Gasteiger partial charge in [-0.1, -0.05) is 25.5 Å². The number of hydrogen-bond donors (Lipinski definition) is 0. The first-order valence-electron chi connectivity index (χ1n) is 7.09. The van der Waals surface area contributed by atoms with Gasteiger partial charge in [-0.25, -0.2) is 0 Å². The van der Waals surface area contributed by atoms with E-state index >= 15 is 0 Å². The number of rotatable bonds is 6. The first-order chi connectivity index (χ1) is 9.81. The van der Waals surface area contributed by atoms with Crippen LogP contribution in [0.15, 0.2) is 53.5 Å². The maximum Gasteiger partial charge on any atom is 0.118 e. The second kappa shape index (κ2) is 8.90. The van der Waals surface area contributed by atoms with Crippen LogP contribution in [0.25, 0.3) is 0 Å². The summed E-state index contributed by atoms with van der Waals surface area (Å²) >= 11 is 0. The standard InChI is InChI=1S/C18H21NO.FH/c1-3-4-5-15-6-10-17(11-7-15)19-14-16-8-12-18(20-2)13-9-16;/h6-14H,3-5H2,1-2H3;1H. The zero-order valence-corrected chi connectivity index (χ0v) is 12.6. The summed E-state index contributed by atoms with van der Waals surface area (Å²) < 4.78 is 5.13. The molecule has 2 aromatic rings. The molecule has 3 heteroatoms. The highest BCUT2D eigenvalue weighted by atomic mass is 19.0. The Kier molecular flexibility index (Phi) is 7.16. The molecule has 112 valence electrons. The molecule has 0 aliphatic carbocycles. The fourth-order valence-corrected chi connectivity index (χ4v) is 1.97. The monoisotopic (exact) mass is 287 g/mol. The van der Waals surface area contributed by atoms with E-state index in [4.69, 9.17) is 4.74 Å². The van der Waals surface area contributed by atoms with Crippen LogP contribution < -0.4 is 4.74 Å². The number of methoxy groups -OCH3 is 1. The molecule has 0 fully saturated rings. The van der Waals surface area contributed by atoms with Crippen LogP contribution in [0, 0.1) is 0 Å². The average molecular weight is 287 g/mol. The van der Waals surface area contributed by atoms with Crippen molar-refractivity contribution in [2.45, 2.75) is 26.2 Å². The maximum atomic E-state index is 5.13. The second-order valence-corrected chi connectivity index (χ2v) is 4.80. The molecule has 0 unspecified atom stereocenters. The minimum absolute atomic E-state index is 0. The van der Waals surface area contributed by atoms with Crippen LogP contribution in [0.2, 0.25) is 0 Å². The summed E-state index contributed by atoms with van der Waals surface area (Å²) in [6, 6.07) is 16.4. The summed E-state index contributed by atoms with van der Waals surface area (Å²) in [6.45, 7) is 2.22. The minimum atomic E-state index is 0. The Hall–Kier alpha value is -2.16. The topological polar surface area (TPSA) is 21.6 Å². The van der Waals surface area contributed by atoms with Crippen LogP contribution in [-0.4, -0.2) is 13.3 Å². The third-order valence-electron chi connectivity index (χ3n) is 3.23. The van der Waals surface area contributed by atoms with E-state index in [1.165, 1.54) is 18.4 Å². The van der Waals surface area contributed by atoms with Gasteiger partial charge in [0.25, 0.3) is 0 Å². The van der Waals surface area contributed by atoms with Gasteiger partial charge in [-0.2, -0.15) is 0 Å². The molecule has 0 atom stereocenters. The summed E-state index contributed by atoms with van der Waals surface area (Å²) in [6.07, 6.45) is 5.51. The second-order valence-electron chi connectivity index (χ2n) is 4.80. The summed E-state index contributed by atoms with van der Waals surface area (Å²) in [7, 11) is 1.67. The van der Waals surface area contributed by atoms with Crippen LogP contribution in [0.3, 0.4) is 0 Å². The fraction of sp³-hybridized carbons (Fsp3) is 0.278. The molecule has 0 amide bonds. The molecule has 0 aliphatic heterocycles. The van der Waals surface area contributed by atoms with E-state index in [1.54, 1.807) is 7.11 Å². The highest BCUT2D eigenvalue weighted by molar-refractivity contribution is 5.82. The van der Waals surface area contributed by atoms with Crippen molar-refractivity contribution in [3.8, 4) is 5.75 Å². The summed E-state index contributed by atoms with van der Waals surface area (Å²) in [5.74, 6) is 0.863. The zero-order chi connectivity index (χ0) is 14.2. The molecular formula is C18H22FNO. The molecule has 0 saturated heterocycles. The lowest BCUT2D eigenvalue weighted by Gasteiger charge is -2.01. The molecular weight excluding hydrogens is 265 g/mol. The van der Waals surface area contributed by atoms with Gasteiger partial charge in [-0.3, -0.25) is 9.70 Å². The van der Waals surface area contributed by atoms with Gasteiger partial charge in [0, 0.05) is 6.21 Å². The van der Waals surface area contributed by atoms with E-state index in [0.717, 1.165) is 23.4 Å². The number of halogens is 1. The molecule has 2 aromatic carbocycles. The smallest absolute Gasteiger partial charge is 0.118 e. The Morgan fingerprint density at radius 3 is 2.24 bits per heavy atom. The number of nitrogens with zero attached hydrogens (tertiary/aromatic N) is 1. The van der Waals surface area contributed by atoms with Crippen molar-refractivity contribution in [2.24, 2.45) is 4.99 Å². The van der Waals surface area contributed by atoms with Crippen LogP contribution in [0.5, 0.6) is 5.75 Å². The van der Waals surface area contributed by atoms with Gasteiger partial charge in [0.05, 0.1) is 12.8 Å². The van der Waals surface area contributed by atoms with Gasteiger partial charge in [0.2, 0.25) is 0 Å². The highest BCUT2D eigenvalue weighted by Gasteiger charge is 1.94. The van der Waals surface area contributed by atoms with Crippen molar-refractivity contribution in [1.29, 1.82) is 0 Å². The van der Waals surface area contributed by atoms with Crippen molar-refractivity contribution in [2.75, 3.05) is 7.11 Å². The lowest BCUT2D eigenvalue weighted by molar-refractivity contribution is 0.415. The van der Waals surface area contributed by atoms with Crippen molar-refractivity contribution < 1.29 is 9.44 Å². The van der Waals surface area contributed by atoms with E-state index < -0.39 is 0 Å². The Balaban J connectivity index is 0.00000220. The average Bonchev–Trinajstić information content (AvgIpc) is 2.52. The molecule has 0 saturated carbocycles. The highest BCUT2D eigenvalue weighted by Crippen LogP contribution is 2.15. The minimum Gasteiger partial charge on any atom is -0.497 e. The number of benzene rings is 2. The third kappa shape index (κ3) is 5.38. The third-order valence-corrected chi connectivity index (χ3v) is 3.23. The number of aliphatic imine (C=N–C) groups is 1. The van der Waals surface area contributed by atoms with Crippen molar-refractivity contribution in [1.82, 2.24) is 0 Å². The largest absolute Gasteiger partial charge is 0.497 e. The number of aryl methyl sites for hydroxylation is 1. The van der Waals surface area contributed by atoms with Gasteiger partial charge in [-0.15, -0.1) is 0 Å². The van der Waals surface area contributed by atoms with Crippen LogP contribution in [-0.2, 0) is 6.42 Å². The molecule has 0 radical (unpaired) electrons. The van der Waals surface area contributed by atoms with E-state index in [9.17, 15) is 0 Å². The Morgan fingerprint density at radius 1 is 1.00 bits per heavy atom. The first kappa shape index (κ1) is 16.9. The fourth-order valence-electron chi connectivity index (χ4n) is 1.97. The summed E-state index contributed by atoms with van der Waals surface area (Å²) in [5, 5.41) is 0. The van der Waals surface area contributed by atoms with Gasteiger partial charge in [-0.05, 0) is 60.4 Å². The van der Waals surface area contributed by atoms with Crippen LogP contribution in [0.1, 0.15) is 30.9 Å². The molecule has 0 N–H and O–H groups in total. The summed E-state index contributed by atoms with van der Waals surface area (Å²) in [4.78, 5) is 4.49. The Bertz CT molecular complexity index is 546. The van der Waals surface area contributed by atoms with E-state index in [0.29, 0.717) is 0 Å². The van der Waals surface area contributed by atoms with Crippen LogP contribution >= 0.6 is 0 Å². The quantitative estimate of drug-likeness (QED) is 0.689. The lowest BCUT2D eigenvalue weighted by atomic mass is 10.1. The van der Waals surface area contributed by atoms with E-state index in [-0.39, 0.29) is 4.70 Å². The molecule has 2 nitrogen and oxygen atoms in total. The van der Waals surface area contributed by atoms with Crippen molar-refractivity contribution in [3.63, 3.8) is 0 Å². The van der Waals surface area contributed by atoms with Gasteiger partial charge in [0.1, 0.15) is 5.75 Å². The van der Waals surface area contributed by atoms with E-state index in [1.807, 2.05) is 30.5 Å². The number of hydrogen-bond acceptors (Lipinski definition) is 2. The molecule has 2 rings (SSSR count). The molecule has 0 heterocycles. The maximum absolute atomic E-state index is 5.13. The lowest BCUT2D eigenvalue weighted by Crippen LogP contribution is -1.85. The molecule has 0 spiro atoms. The number of unbranched alkanes of at least 4 members (excludes halogenated alkanes) is 1. The predicted molar refractivity (Wildman–Crippen MR) is 87.8 cm³/mol. The zero-order valence-electron chi connectivity index (χ0n) is 12.6. The SMILES string of the molecule is CCCCc1ccc(N=Cc2ccc(OC)cc2)cc1.F. The van der Waals surface area contributed by atoms with Gasteiger partial charge >= 0.3 is 0 Å². The predicted octanol–water partition coefficient (Wildman–Crippen LogP) is 4.94. The normalized spacial score (nSPS) is 10.4. The van der Waals surface area contributed by atoms with Crippen molar-refractivity contribution >= 4 is 11.9 Å². The van der Waals surface area contributed by atoms with E-state index in [2.05, 4.69) is 36.2 Å². The summed E-state index contributed by atoms with van der Waals surface area (Å²) in [5.41, 5.74) is 3.44.